The number of amides is 2. The fraction of sp³-hybridized carbons (Fsp3) is 0.133. The van der Waals surface area contributed by atoms with Gasteiger partial charge in [0.05, 0.1) is 0 Å². The van der Waals surface area contributed by atoms with Crippen molar-refractivity contribution >= 4 is 34.7 Å². The first-order valence-corrected chi connectivity index (χ1v) is 6.67. The Kier molecular flexibility index (Phi) is 4.48. The predicted molar refractivity (Wildman–Crippen MR) is 84.3 cm³/mol. The van der Waals surface area contributed by atoms with E-state index in [4.69, 9.17) is 17.3 Å². The van der Waals surface area contributed by atoms with Crippen LogP contribution >= 0.6 is 11.6 Å². The maximum absolute atomic E-state index is 12.3. The zero-order valence-corrected chi connectivity index (χ0v) is 11.9. The second-order valence-electron chi connectivity index (χ2n) is 4.28. The summed E-state index contributed by atoms with van der Waals surface area (Å²) in [6.07, 6.45) is 0. The summed E-state index contributed by atoms with van der Waals surface area (Å²) < 4.78 is 0. The standard InChI is InChI=1S/C15H16ClN3O/c1-2-19(14-5-3-4-12(17)10-14)15(20)18-13-8-6-11(16)7-9-13/h3-10H,2,17H2,1H3,(H,18,20). The molecule has 2 aromatic rings. The van der Waals surface area contributed by atoms with Gasteiger partial charge in [-0.15, -0.1) is 0 Å². The van der Waals surface area contributed by atoms with E-state index >= 15 is 0 Å². The van der Waals surface area contributed by atoms with Gasteiger partial charge in [0.2, 0.25) is 0 Å². The van der Waals surface area contributed by atoms with Crippen molar-refractivity contribution in [2.75, 3.05) is 22.5 Å². The van der Waals surface area contributed by atoms with Gasteiger partial charge in [-0.3, -0.25) is 4.90 Å². The molecule has 0 aliphatic carbocycles. The summed E-state index contributed by atoms with van der Waals surface area (Å²) in [4.78, 5) is 13.9. The lowest BCUT2D eigenvalue weighted by Gasteiger charge is -2.21. The SMILES string of the molecule is CCN(C(=O)Nc1ccc(Cl)cc1)c1cccc(N)c1. The van der Waals surface area contributed by atoms with Crippen LogP contribution in [0.5, 0.6) is 0 Å². The quantitative estimate of drug-likeness (QED) is 0.840. The number of nitrogens with zero attached hydrogens (tertiary/aromatic N) is 1. The van der Waals surface area contributed by atoms with E-state index in [-0.39, 0.29) is 6.03 Å². The number of hydrogen-bond acceptors (Lipinski definition) is 2. The summed E-state index contributed by atoms with van der Waals surface area (Å²) in [5.74, 6) is 0. The number of hydrogen-bond donors (Lipinski definition) is 2. The molecule has 0 aliphatic heterocycles. The number of halogens is 1. The maximum Gasteiger partial charge on any atom is 0.326 e. The second-order valence-corrected chi connectivity index (χ2v) is 4.71. The molecule has 0 atom stereocenters. The van der Waals surface area contributed by atoms with E-state index in [9.17, 15) is 4.79 Å². The predicted octanol–water partition coefficient (Wildman–Crippen LogP) is 3.98. The van der Waals surface area contributed by atoms with Gasteiger partial charge in [0.25, 0.3) is 0 Å². The van der Waals surface area contributed by atoms with Crippen LogP contribution in [0.15, 0.2) is 48.5 Å². The van der Waals surface area contributed by atoms with Crippen LogP contribution in [-0.4, -0.2) is 12.6 Å². The summed E-state index contributed by atoms with van der Waals surface area (Å²) in [5, 5.41) is 3.46. The molecule has 0 bridgehead atoms. The minimum absolute atomic E-state index is 0.208. The Labute approximate surface area is 123 Å². The molecule has 4 nitrogen and oxygen atoms in total. The number of carbonyl (C=O) groups excluding carboxylic acids is 1. The zero-order valence-electron chi connectivity index (χ0n) is 11.1. The maximum atomic E-state index is 12.3. The number of anilines is 3. The molecule has 0 saturated carbocycles. The Morgan fingerprint density at radius 2 is 1.95 bits per heavy atom. The monoisotopic (exact) mass is 289 g/mol. The van der Waals surface area contributed by atoms with Gasteiger partial charge in [0, 0.05) is 28.6 Å². The third-order valence-electron chi connectivity index (χ3n) is 2.84. The molecular formula is C15H16ClN3O. The van der Waals surface area contributed by atoms with Gasteiger partial charge in [-0.2, -0.15) is 0 Å². The Morgan fingerprint density at radius 1 is 1.25 bits per heavy atom. The summed E-state index contributed by atoms with van der Waals surface area (Å²) >= 11 is 5.81. The van der Waals surface area contributed by atoms with Crippen LogP contribution in [-0.2, 0) is 0 Å². The van der Waals surface area contributed by atoms with E-state index in [1.807, 2.05) is 19.1 Å². The van der Waals surface area contributed by atoms with Gasteiger partial charge in [0.1, 0.15) is 0 Å². The van der Waals surface area contributed by atoms with Crippen LogP contribution in [0.4, 0.5) is 21.9 Å². The largest absolute Gasteiger partial charge is 0.399 e. The van der Waals surface area contributed by atoms with Crippen LogP contribution in [0.1, 0.15) is 6.92 Å². The fourth-order valence-electron chi connectivity index (χ4n) is 1.86. The van der Waals surface area contributed by atoms with Gasteiger partial charge in [-0.25, -0.2) is 4.79 Å². The molecule has 0 spiro atoms. The van der Waals surface area contributed by atoms with Crippen molar-refractivity contribution in [2.45, 2.75) is 6.92 Å². The van der Waals surface area contributed by atoms with Gasteiger partial charge in [-0.05, 0) is 49.4 Å². The minimum atomic E-state index is -0.208. The van der Waals surface area contributed by atoms with Gasteiger partial charge >= 0.3 is 6.03 Å². The molecule has 0 saturated heterocycles. The molecule has 0 unspecified atom stereocenters. The first-order chi connectivity index (χ1) is 9.60. The first-order valence-electron chi connectivity index (χ1n) is 6.30. The minimum Gasteiger partial charge on any atom is -0.399 e. The van der Waals surface area contributed by atoms with E-state index in [1.54, 1.807) is 41.3 Å². The van der Waals surface area contributed by atoms with Crippen molar-refractivity contribution in [1.29, 1.82) is 0 Å². The molecule has 2 amide bonds. The van der Waals surface area contributed by atoms with E-state index < -0.39 is 0 Å². The fourth-order valence-corrected chi connectivity index (χ4v) is 1.99. The lowest BCUT2D eigenvalue weighted by molar-refractivity contribution is 0.257. The topological polar surface area (TPSA) is 58.4 Å². The highest BCUT2D eigenvalue weighted by Crippen LogP contribution is 2.19. The Balaban J connectivity index is 2.15. The average Bonchev–Trinajstić information content (AvgIpc) is 2.42. The highest BCUT2D eigenvalue weighted by Gasteiger charge is 2.14. The van der Waals surface area contributed by atoms with Crippen molar-refractivity contribution in [3.8, 4) is 0 Å². The molecule has 0 fully saturated rings. The normalized spacial score (nSPS) is 10.1. The van der Waals surface area contributed by atoms with Crippen molar-refractivity contribution < 1.29 is 4.79 Å². The highest BCUT2D eigenvalue weighted by molar-refractivity contribution is 6.30. The molecule has 104 valence electrons. The van der Waals surface area contributed by atoms with Gasteiger partial charge < -0.3 is 11.1 Å². The summed E-state index contributed by atoms with van der Waals surface area (Å²) in [7, 11) is 0. The Morgan fingerprint density at radius 3 is 2.55 bits per heavy atom. The molecule has 2 aromatic carbocycles. The van der Waals surface area contributed by atoms with Crippen molar-refractivity contribution in [2.24, 2.45) is 0 Å². The van der Waals surface area contributed by atoms with E-state index in [2.05, 4.69) is 5.32 Å². The summed E-state index contributed by atoms with van der Waals surface area (Å²) in [5.41, 5.74) is 7.83. The third kappa shape index (κ3) is 3.42. The number of benzene rings is 2. The van der Waals surface area contributed by atoms with Gasteiger partial charge in [-0.1, -0.05) is 17.7 Å². The molecule has 2 rings (SSSR count). The van der Waals surface area contributed by atoms with Crippen molar-refractivity contribution in [1.82, 2.24) is 0 Å². The number of rotatable bonds is 3. The summed E-state index contributed by atoms with van der Waals surface area (Å²) in [6, 6.07) is 14.0. The number of carbonyl (C=O) groups is 1. The lowest BCUT2D eigenvalue weighted by atomic mass is 10.2. The average molecular weight is 290 g/mol. The molecule has 0 radical (unpaired) electrons. The molecular weight excluding hydrogens is 274 g/mol. The van der Waals surface area contributed by atoms with Crippen molar-refractivity contribution in [3.05, 3.63) is 53.6 Å². The Hall–Kier alpha value is -2.20. The second kappa shape index (κ2) is 6.30. The molecule has 5 heteroatoms. The molecule has 0 aliphatic rings. The van der Waals surface area contributed by atoms with Gasteiger partial charge in [0.15, 0.2) is 0 Å². The molecule has 0 aromatic heterocycles. The summed E-state index contributed by atoms with van der Waals surface area (Å²) in [6.45, 7) is 2.45. The number of nitrogen functional groups attached to an aromatic ring is 1. The number of nitrogens with one attached hydrogen (secondary N) is 1. The zero-order chi connectivity index (χ0) is 14.5. The smallest absolute Gasteiger partial charge is 0.326 e. The van der Waals surface area contributed by atoms with Crippen LogP contribution in [0.3, 0.4) is 0 Å². The number of nitrogens with two attached hydrogens (primary N) is 1. The van der Waals surface area contributed by atoms with Crippen LogP contribution in [0, 0.1) is 0 Å². The third-order valence-corrected chi connectivity index (χ3v) is 3.09. The van der Waals surface area contributed by atoms with Crippen LogP contribution < -0.4 is 16.0 Å². The van der Waals surface area contributed by atoms with Crippen LogP contribution in [0.25, 0.3) is 0 Å². The number of urea groups is 1. The lowest BCUT2D eigenvalue weighted by Crippen LogP contribution is -2.34. The first kappa shape index (κ1) is 14.2. The van der Waals surface area contributed by atoms with E-state index in [0.717, 1.165) is 5.69 Å². The van der Waals surface area contributed by atoms with Crippen LogP contribution in [0.2, 0.25) is 5.02 Å². The molecule has 3 N–H and O–H groups in total. The highest BCUT2D eigenvalue weighted by atomic mass is 35.5. The molecule has 20 heavy (non-hydrogen) atoms. The van der Waals surface area contributed by atoms with E-state index in [1.165, 1.54) is 0 Å². The van der Waals surface area contributed by atoms with E-state index in [0.29, 0.717) is 22.9 Å². The van der Waals surface area contributed by atoms with Crippen molar-refractivity contribution in [3.63, 3.8) is 0 Å². The Bertz CT molecular complexity index is 598. The molecule has 0 heterocycles.